The lowest BCUT2D eigenvalue weighted by Crippen LogP contribution is -2.37. The summed E-state index contributed by atoms with van der Waals surface area (Å²) in [5.74, 6) is 9.72. The summed E-state index contributed by atoms with van der Waals surface area (Å²) >= 11 is 0. The number of carbonyl (C=O) groups excluding carboxylic acids is 2. The van der Waals surface area contributed by atoms with Gasteiger partial charge in [0.25, 0.3) is 22.7 Å². The molecule has 0 aliphatic heterocycles. The number of amides is 2. The van der Waals surface area contributed by atoms with Crippen LogP contribution in [0, 0.1) is 12.7 Å². The second-order valence-corrected chi connectivity index (χ2v) is 10.2. The van der Waals surface area contributed by atoms with Gasteiger partial charge in [-0.15, -0.1) is 0 Å². The number of nitrogens with two attached hydrogens (primary N) is 3. The van der Waals surface area contributed by atoms with Crippen LogP contribution in [0.5, 0.6) is 0 Å². The molecular weight excluding hydrogens is 571 g/mol. The normalized spacial score (nSPS) is 14.2. The van der Waals surface area contributed by atoms with Crippen LogP contribution >= 0.6 is 0 Å². The zero-order chi connectivity index (χ0) is 31.5. The molecule has 15 heteroatoms. The van der Waals surface area contributed by atoms with Crippen molar-refractivity contribution >= 4 is 29.0 Å². The minimum Gasteiger partial charge on any atom is -0.394 e. The molecule has 1 unspecified atom stereocenters. The third-order valence-corrected chi connectivity index (χ3v) is 7.62. The summed E-state index contributed by atoms with van der Waals surface area (Å²) in [5, 5.41) is 12.0. The Balaban J connectivity index is 1.21. The molecule has 5 rings (SSSR count). The van der Waals surface area contributed by atoms with Gasteiger partial charge in [-0.2, -0.15) is 5.10 Å². The average molecular weight is 601 g/mol. The molecule has 1 aromatic heterocycles. The van der Waals surface area contributed by atoms with E-state index in [0.29, 0.717) is 17.8 Å². The van der Waals surface area contributed by atoms with Gasteiger partial charge in [0.05, 0.1) is 6.04 Å². The molecule has 1 aliphatic carbocycles. The number of amidine groups is 1. The average Bonchev–Trinajstić information content (AvgIpc) is 3.45. The number of hydrogen-bond acceptors (Lipinski definition) is 11. The van der Waals surface area contributed by atoms with E-state index in [1.54, 1.807) is 0 Å². The van der Waals surface area contributed by atoms with Gasteiger partial charge in [-0.05, 0) is 54.2 Å². The van der Waals surface area contributed by atoms with Crippen LogP contribution < -0.4 is 49.7 Å². The number of fused-ring (bicyclic) bond motifs is 1. The van der Waals surface area contributed by atoms with E-state index in [9.17, 15) is 23.6 Å². The minimum atomic E-state index is -0.776. The lowest BCUT2D eigenvalue weighted by atomic mass is 9.97. The third kappa shape index (κ3) is 5.67. The molecule has 10 N–H and O–H groups in total. The molecule has 3 aromatic carbocycles. The molecule has 4 aromatic rings. The van der Waals surface area contributed by atoms with Crippen molar-refractivity contribution in [1.82, 2.24) is 26.0 Å². The standard InChI is InChI=1S/C29H29FN10O4/c1-13-16-5-7-20(18(16)4-3-17(13)27(39-32)40-33)38-29(44)22-9-21(36-12-37-22)28(43)35-10-14-2-6-19(30)15(8-14)11-34-24-23(31)25(41)26(24)42/h2-4,6,8-9,12,20,34H,5,7,10-11,31-33H2,1H3,(H,35,43)(H,38,44)(H,39,40). The lowest BCUT2D eigenvalue weighted by Gasteiger charge is -2.16. The highest BCUT2D eigenvalue weighted by Crippen LogP contribution is 2.34. The molecule has 0 bridgehead atoms. The molecule has 1 aliphatic rings. The van der Waals surface area contributed by atoms with Gasteiger partial charge in [-0.25, -0.2) is 20.2 Å². The number of rotatable bonds is 9. The maximum Gasteiger partial charge on any atom is 0.270 e. The number of hydrogen-bond donors (Lipinski definition) is 7. The first kappa shape index (κ1) is 29.8. The Labute approximate surface area is 249 Å². The van der Waals surface area contributed by atoms with Crippen molar-refractivity contribution in [3.05, 3.63) is 114 Å². The molecule has 44 heavy (non-hydrogen) atoms. The number of hydrazine groups is 1. The van der Waals surface area contributed by atoms with E-state index in [2.05, 4.69) is 36.4 Å². The molecular formula is C29H29FN10O4. The van der Waals surface area contributed by atoms with Crippen LogP contribution in [0.15, 0.2) is 57.4 Å². The second kappa shape index (κ2) is 12.3. The van der Waals surface area contributed by atoms with Gasteiger partial charge in [0.1, 0.15) is 34.9 Å². The van der Waals surface area contributed by atoms with Gasteiger partial charge in [0.2, 0.25) is 0 Å². The van der Waals surface area contributed by atoms with Crippen LogP contribution in [0.25, 0.3) is 0 Å². The zero-order valence-electron chi connectivity index (χ0n) is 23.5. The van der Waals surface area contributed by atoms with Crippen molar-refractivity contribution in [2.75, 3.05) is 11.1 Å². The molecule has 2 amide bonds. The van der Waals surface area contributed by atoms with Gasteiger partial charge in [0, 0.05) is 30.3 Å². The van der Waals surface area contributed by atoms with E-state index in [1.165, 1.54) is 24.3 Å². The third-order valence-electron chi connectivity index (χ3n) is 7.62. The first-order valence-electron chi connectivity index (χ1n) is 13.5. The largest absolute Gasteiger partial charge is 0.394 e. The Morgan fingerprint density at radius 3 is 2.50 bits per heavy atom. The summed E-state index contributed by atoms with van der Waals surface area (Å²) in [5.41, 5.74) is 10.7. The van der Waals surface area contributed by atoms with Crippen LogP contribution in [0.4, 0.5) is 15.8 Å². The molecule has 226 valence electrons. The number of carbonyl (C=O) groups is 2. The van der Waals surface area contributed by atoms with Crippen molar-refractivity contribution in [2.24, 2.45) is 16.8 Å². The maximum atomic E-state index is 14.3. The Morgan fingerprint density at radius 2 is 1.80 bits per heavy atom. The molecule has 0 radical (unpaired) electrons. The number of aromatic nitrogens is 2. The Hall–Kier alpha value is -5.70. The number of nitrogen functional groups attached to an aromatic ring is 1. The van der Waals surface area contributed by atoms with E-state index in [-0.39, 0.29) is 47.5 Å². The Kier molecular flexibility index (Phi) is 8.30. The van der Waals surface area contributed by atoms with Crippen molar-refractivity contribution < 1.29 is 14.0 Å². The Bertz CT molecular complexity index is 1880. The van der Waals surface area contributed by atoms with Crippen LogP contribution in [0.1, 0.15) is 66.8 Å². The van der Waals surface area contributed by atoms with Gasteiger partial charge >= 0.3 is 0 Å². The predicted octanol–water partition coefficient (Wildman–Crippen LogP) is 0.145. The van der Waals surface area contributed by atoms with Crippen molar-refractivity contribution in [1.29, 1.82) is 0 Å². The van der Waals surface area contributed by atoms with Gasteiger partial charge in [-0.3, -0.25) is 19.2 Å². The van der Waals surface area contributed by atoms with Crippen LogP contribution in [0.3, 0.4) is 0 Å². The number of nitrogens with zero attached hydrogens (tertiary/aromatic N) is 3. The van der Waals surface area contributed by atoms with E-state index in [4.69, 9.17) is 17.4 Å². The summed E-state index contributed by atoms with van der Waals surface area (Å²) < 4.78 is 14.3. The molecule has 0 fully saturated rings. The molecule has 0 saturated carbocycles. The molecule has 0 saturated heterocycles. The van der Waals surface area contributed by atoms with Gasteiger partial charge in [0.15, 0.2) is 5.84 Å². The fraction of sp³-hybridized carbons (Fsp3) is 0.207. The van der Waals surface area contributed by atoms with Crippen molar-refractivity contribution in [3.63, 3.8) is 0 Å². The maximum absolute atomic E-state index is 14.3. The monoisotopic (exact) mass is 600 g/mol. The highest BCUT2D eigenvalue weighted by Gasteiger charge is 2.28. The number of hydrazone groups is 1. The van der Waals surface area contributed by atoms with E-state index >= 15 is 0 Å². The molecule has 14 nitrogen and oxygen atoms in total. The second-order valence-electron chi connectivity index (χ2n) is 10.2. The van der Waals surface area contributed by atoms with Crippen molar-refractivity contribution in [3.8, 4) is 0 Å². The first-order chi connectivity index (χ1) is 21.1. The number of anilines is 2. The van der Waals surface area contributed by atoms with E-state index < -0.39 is 28.5 Å². The summed E-state index contributed by atoms with van der Waals surface area (Å²) in [6.07, 6.45) is 2.53. The SMILES string of the molecule is Cc1c(/C(=N/N)NN)ccc2c1CCC2NC(=O)c1cc(C(=O)NCc2ccc(F)c(CNc3c(N)c(=O)c3=O)c2)ncn1. The summed E-state index contributed by atoms with van der Waals surface area (Å²) in [4.78, 5) is 56.8. The van der Waals surface area contributed by atoms with Gasteiger partial charge in [-0.1, -0.05) is 18.2 Å². The summed E-state index contributed by atoms with van der Waals surface area (Å²) in [6, 6.07) is 8.98. The minimum absolute atomic E-state index is 0.0181. The molecule has 1 atom stereocenters. The molecule has 1 heterocycles. The van der Waals surface area contributed by atoms with Gasteiger partial charge < -0.3 is 33.0 Å². The zero-order valence-corrected chi connectivity index (χ0v) is 23.5. The summed E-state index contributed by atoms with van der Waals surface area (Å²) in [6.45, 7) is 1.87. The highest BCUT2D eigenvalue weighted by atomic mass is 19.1. The van der Waals surface area contributed by atoms with Crippen LogP contribution in [0.2, 0.25) is 0 Å². The Morgan fingerprint density at radius 1 is 1.05 bits per heavy atom. The fourth-order valence-corrected chi connectivity index (χ4v) is 5.22. The topological polar surface area (TPSA) is 233 Å². The quantitative estimate of drug-likeness (QED) is 0.0449. The number of halogens is 1. The van der Waals surface area contributed by atoms with Crippen molar-refractivity contribution in [2.45, 2.75) is 38.9 Å². The van der Waals surface area contributed by atoms with E-state index in [0.717, 1.165) is 35.0 Å². The van der Waals surface area contributed by atoms with Crippen LogP contribution in [-0.4, -0.2) is 27.6 Å². The van der Waals surface area contributed by atoms with Crippen LogP contribution in [-0.2, 0) is 19.5 Å². The predicted molar refractivity (Wildman–Crippen MR) is 160 cm³/mol. The fourth-order valence-electron chi connectivity index (χ4n) is 5.22. The highest BCUT2D eigenvalue weighted by molar-refractivity contribution is 6.00. The number of nitrogens with one attached hydrogen (secondary N) is 4. The molecule has 0 spiro atoms. The summed E-state index contributed by atoms with van der Waals surface area (Å²) in [7, 11) is 0. The number of benzene rings is 2. The van der Waals surface area contributed by atoms with E-state index in [1.807, 2.05) is 19.1 Å². The smallest absolute Gasteiger partial charge is 0.270 e. The lowest BCUT2D eigenvalue weighted by molar-refractivity contribution is 0.0931. The first-order valence-corrected chi connectivity index (χ1v) is 13.5.